The van der Waals surface area contributed by atoms with Crippen molar-refractivity contribution in [2.75, 3.05) is 11.6 Å². The lowest BCUT2D eigenvalue weighted by Gasteiger charge is -2.30. The predicted octanol–water partition coefficient (Wildman–Crippen LogP) is 2.82. The summed E-state index contributed by atoms with van der Waals surface area (Å²) < 4.78 is 0. The Labute approximate surface area is 89.6 Å². The number of nitrogens with zero attached hydrogens (tertiary/aromatic N) is 1. The van der Waals surface area contributed by atoms with Gasteiger partial charge >= 0.3 is 0 Å². The van der Waals surface area contributed by atoms with E-state index in [1.165, 1.54) is 19.3 Å². The third kappa shape index (κ3) is 2.20. The van der Waals surface area contributed by atoms with Crippen LogP contribution in [0.2, 0.25) is 5.02 Å². The van der Waals surface area contributed by atoms with Gasteiger partial charge in [0.05, 0.1) is 5.69 Å². The molecule has 76 valence electrons. The molecule has 3 heteroatoms. The smallest absolute Gasteiger partial charge is 0.0518 e. The predicted molar refractivity (Wildman–Crippen MR) is 60.3 cm³/mol. The van der Waals surface area contributed by atoms with Crippen molar-refractivity contribution < 1.29 is 0 Å². The normalized spacial score (nSPS) is 16.4. The van der Waals surface area contributed by atoms with E-state index in [9.17, 15) is 0 Å². The van der Waals surface area contributed by atoms with Crippen LogP contribution >= 0.6 is 11.6 Å². The lowest BCUT2D eigenvalue weighted by Crippen LogP contribution is -2.37. The first kappa shape index (κ1) is 9.81. The molecule has 1 aromatic rings. The van der Waals surface area contributed by atoms with Gasteiger partial charge in [-0.25, -0.2) is 5.84 Å². The third-order valence-electron chi connectivity index (χ3n) is 2.84. The molecule has 1 aliphatic carbocycles. The highest BCUT2D eigenvalue weighted by molar-refractivity contribution is 6.30. The van der Waals surface area contributed by atoms with Crippen LogP contribution in [0, 0.1) is 5.92 Å². The van der Waals surface area contributed by atoms with E-state index in [4.69, 9.17) is 17.4 Å². The maximum Gasteiger partial charge on any atom is 0.0518 e. The van der Waals surface area contributed by atoms with Crippen LogP contribution in [0.3, 0.4) is 0 Å². The van der Waals surface area contributed by atoms with Gasteiger partial charge in [-0.3, -0.25) is 0 Å². The summed E-state index contributed by atoms with van der Waals surface area (Å²) in [4.78, 5) is 0. The first-order valence-electron chi connectivity index (χ1n) is 5.03. The van der Waals surface area contributed by atoms with Gasteiger partial charge in [-0.2, -0.15) is 0 Å². The zero-order chi connectivity index (χ0) is 9.97. The summed E-state index contributed by atoms with van der Waals surface area (Å²) in [5.74, 6) is 6.73. The van der Waals surface area contributed by atoms with Crippen LogP contribution in [0.1, 0.15) is 19.3 Å². The maximum absolute atomic E-state index is 5.95. The Morgan fingerprint density at radius 2 is 1.93 bits per heavy atom. The largest absolute Gasteiger partial charge is 0.311 e. The Morgan fingerprint density at radius 1 is 1.29 bits per heavy atom. The molecule has 2 nitrogen and oxygen atoms in total. The Balaban J connectivity index is 1.95. The second-order valence-corrected chi connectivity index (χ2v) is 4.36. The van der Waals surface area contributed by atoms with Crippen LogP contribution in [0.5, 0.6) is 0 Å². The second kappa shape index (κ2) is 4.20. The molecule has 0 heterocycles. The molecule has 0 unspecified atom stereocenters. The minimum Gasteiger partial charge on any atom is -0.311 e. The monoisotopic (exact) mass is 210 g/mol. The van der Waals surface area contributed by atoms with Gasteiger partial charge in [0.2, 0.25) is 0 Å². The zero-order valence-corrected chi connectivity index (χ0v) is 8.87. The summed E-state index contributed by atoms with van der Waals surface area (Å²) in [6, 6.07) is 7.66. The molecule has 1 saturated carbocycles. The molecule has 0 bridgehead atoms. The van der Waals surface area contributed by atoms with Gasteiger partial charge in [0.25, 0.3) is 0 Å². The van der Waals surface area contributed by atoms with Gasteiger partial charge in [-0.15, -0.1) is 0 Å². The van der Waals surface area contributed by atoms with E-state index < -0.39 is 0 Å². The topological polar surface area (TPSA) is 29.3 Å². The number of hydrogen-bond acceptors (Lipinski definition) is 2. The zero-order valence-electron chi connectivity index (χ0n) is 8.12. The highest BCUT2D eigenvalue weighted by Crippen LogP contribution is 2.28. The molecule has 0 amide bonds. The van der Waals surface area contributed by atoms with Crippen LogP contribution in [0.25, 0.3) is 0 Å². The lowest BCUT2D eigenvalue weighted by atomic mass is 9.85. The molecule has 0 radical (unpaired) electrons. The van der Waals surface area contributed by atoms with E-state index >= 15 is 0 Å². The first-order chi connectivity index (χ1) is 6.75. The van der Waals surface area contributed by atoms with Gasteiger partial charge < -0.3 is 5.01 Å². The quantitative estimate of drug-likeness (QED) is 0.614. The van der Waals surface area contributed by atoms with Gasteiger partial charge in [-0.1, -0.05) is 18.0 Å². The van der Waals surface area contributed by atoms with E-state index in [0.29, 0.717) is 0 Å². The second-order valence-electron chi connectivity index (χ2n) is 3.93. The molecule has 14 heavy (non-hydrogen) atoms. The summed E-state index contributed by atoms with van der Waals surface area (Å²) in [6.07, 6.45) is 4.00. The molecule has 2 rings (SSSR count). The Hall–Kier alpha value is -0.730. The van der Waals surface area contributed by atoms with Crippen molar-refractivity contribution in [3.8, 4) is 0 Å². The van der Waals surface area contributed by atoms with Crippen LogP contribution in [0.4, 0.5) is 5.69 Å². The Kier molecular flexibility index (Phi) is 2.94. The van der Waals surface area contributed by atoms with Gasteiger partial charge in [0, 0.05) is 11.6 Å². The van der Waals surface area contributed by atoms with E-state index in [-0.39, 0.29) is 0 Å². The average Bonchev–Trinajstić information content (AvgIpc) is 2.12. The molecule has 1 aromatic carbocycles. The summed E-state index contributed by atoms with van der Waals surface area (Å²) in [7, 11) is 0. The average molecular weight is 211 g/mol. The van der Waals surface area contributed by atoms with Crippen molar-refractivity contribution in [1.82, 2.24) is 0 Å². The molecule has 1 aliphatic rings. The molecule has 1 fully saturated rings. The lowest BCUT2D eigenvalue weighted by molar-refractivity contribution is 0.318. The summed E-state index contributed by atoms with van der Waals surface area (Å²) in [6.45, 7) is 0.960. The summed E-state index contributed by atoms with van der Waals surface area (Å²) in [5.41, 5.74) is 1.04. The van der Waals surface area contributed by atoms with Crippen LogP contribution in [0.15, 0.2) is 24.3 Å². The number of hydrogen-bond donors (Lipinski definition) is 1. The van der Waals surface area contributed by atoms with Gasteiger partial charge in [-0.05, 0) is 43.0 Å². The Morgan fingerprint density at radius 3 is 2.43 bits per heavy atom. The fourth-order valence-electron chi connectivity index (χ4n) is 1.69. The number of benzene rings is 1. The highest BCUT2D eigenvalue weighted by Gasteiger charge is 2.19. The van der Waals surface area contributed by atoms with Crippen molar-refractivity contribution in [3.63, 3.8) is 0 Å². The van der Waals surface area contributed by atoms with Crippen LogP contribution in [-0.2, 0) is 0 Å². The minimum atomic E-state index is 0.755. The fourth-order valence-corrected chi connectivity index (χ4v) is 1.82. The number of nitrogens with two attached hydrogens (primary N) is 1. The SMILES string of the molecule is NN(CC1CCC1)c1ccc(Cl)cc1. The molecular weight excluding hydrogens is 196 g/mol. The standard InChI is InChI=1S/C11H15ClN2/c12-10-4-6-11(7-5-10)14(13)8-9-2-1-3-9/h4-7,9H,1-3,8,13H2. The number of anilines is 1. The van der Waals surface area contributed by atoms with Gasteiger partial charge in [0.15, 0.2) is 0 Å². The van der Waals surface area contributed by atoms with E-state index in [1.807, 2.05) is 29.3 Å². The van der Waals surface area contributed by atoms with E-state index in [2.05, 4.69) is 0 Å². The highest BCUT2D eigenvalue weighted by atomic mass is 35.5. The van der Waals surface area contributed by atoms with Crippen LogP contribution < -0.4 is 10.9 Å². The first-order valence-corrected chi connectivity index (χ1v) is 5.41. The number of hydrazine groups is 1. The van der Waals surface area contributed by atoms with Crippen LogP contribution in [-0.4, -0.2) is 6.54 Å². The fraction of sp³-hybridized carbons (Fsp3) is 0.455. The summed E-state index contributed by atoms with van der Waals surface area (Å²) in [5, 5.41) is 2.57. The summed E-state index contributed by atoms with van der Waals surface area (Å²) >= 11 is 5.80. The van der Waals surface area contributed by atoms with Crippen molar-refractivity contribution in [2.45, 2.75) is 19.3 Å². The number of rotatable bonds is 3. The molecule has 0 saturated heterocycles. The third-order valence-corrected chi connectivity index (χ3v) is 3.09. The molecule has 2 N–H and O–H groups in total. The molecule has 0 atom stereocenters. The van der Waals surface area contributed by atoms with Crippen molar-refractivity contribution >= 4 is 17.3 Å². The molecule has 0 spiro atoms. The maximum atomic E-state index is 5.95. The van der Waals surface area contributed by atoms with Crippen molar-refractivity contribution in [1.29, 1.82) is 0 Å². The Bertz CT molecular complexity index is 293. The molecule has 0 aliphatic heterocycles. The van der Waals surface area contributed by atoms with Crippen molar-refractivity contribution in [2.24, 2.45) is 11.8 Å². The van der Waals surface area contributed by atoms with E-state index in [1.54, 1.807) is 0 Å². The van der Waals surface area contributed by atoms with Crippen molar-refractivity contribution in [3.05, 3.63) is 29.3 Å². The van der Waals surface area contributed by atoms with Gasteiger partial charge in [0.1, 0.15) is 0 Å². The number of halogens is 1. The van der Waals surface area contributed by atoms with E-state index in [0.717, 1.165) is 23.2 Å². The molecule has 0 aromatic heterocycles. The minimum absolute atomic E-state index is 0.755. The molecular formula is C11H15ClN2.